The molecule has 2 heterocycles. The van der Waals surface area contributed by atoms with E-state index in [1.165, 1.54) is 0 Å². The van der Waals surface area contributed by atoms with Crippen LogP contribution >= 0.6 is 0 Å². The molecule has 0 N–H and O–H groups in total. The second-order valence-electron chi connectivity index (χ2n) is 7.35. The maximum absolute atomic E-state index is 12.8. The van der Waals surface area contributed by atoms with Crippen LogP contribution < -0.4 is 4.74 Å². The van der Waals surface area contributed by atoms with Crippen LogP contribution in [0.2, 0.25) is 0 Å². The second kappa shape index (κ2) is 9.24. The summed E-state index contributed by atoms with van der Waals surface area (Å²) < 4.78 is 37.6. The number of para-hydroxylation sites is 1. The van der Waals surface area contributed by atoms with Gasteiger partial charge in [-0.3, -0.25) is 4.79 Å². The van der Waals surface area contributed by atoms with Crippen molar-refractivity contribution in [1.82, 2.24) is 9.21 Å². The van der Waals surface area contributed by atoms with Crippen LogP contribution in [0.5, 0.6) is 5.75 Å². The molecule has 28 heavy (non-hydrogen) atoms. The normalized spacial score (nSPS) is 23.7. The van der Waals surface area contributed by atoms with Crippen LogP contribution in [-0.2, 0) is 26.0 Å². The summed E-state index contributed by atoms with van der Waals surface area (Å²) in [6, 6.07) is 7.66. The molecule has 0 spiro atoms. The first kappa shape index (κ1) is 21.1. The summed E-state index contributed by atoms with van der Waals surface area (Å²) in [5, 5.41) is 0. The fraction of sp³-hybridized carbons (Fsp3) is 0.650. The molecule has 7 nitrogen and oxygen atoms in total. The average Bonchev–Trinajstić information content (AvgIpc) is 2.94. The lowest BCUT2D eigenvalue weighted by atomic mass is 9.92. The minimum atomic E-state index is -3.27. The molecule has 0 bridgehead atoms. The summed E-state index contributed by atoms with van der Waals surface area (Å²) in [5.41, 5.74) is 1.02. The number of carbonyl (C=O) groups is 1. The summed E-state index contributed by atoms with van der Waals surface area (Å²) in [6.45, 7) is 4.11. The van der Waals surface area contributed by atoms with Gasteiger partial charge in [0, 0.05) is 38.0 Å². The van der Waals surface area contributed by atoms with E-state index in [1.807, 2.05) is 29.2 Å². The summed E-state index contributed by atoms with van der Waals surface area (Å²) in [7, 11) is -1.64. The van der Waals surface area contributed by atoms with E-state index in [9.17, 15) is 13.2 Å². The first-order valence-electron chi connectivity index (χ1n) is 9.93. The lowest BCUT2D eigenvalue weighted by Crippen LogP contribution is -2.54. The number of benzene rings is 1. The molecule has 1 amide bonds. The molecule has 2 fully saturated rings. The molecule has 1 aromatic carbocycles. The first-order valence-corrected chi connectivity index (χ1v) is 11.5. The van der Waals surface area contributed by atoms with Crippen LogP contribution in [0.3, 0.4) is 0 Å². The SMILES string of the molecule is CCS(=O)(=O)N1CCOC[C@H]2CN(C(=O)CCc3ccccc3OC)CC[C@H]21. The molecule has 0 aromatic heterocycles. The molecule has 0 saturated carbocycles. The first-order chi connectivity index (χ1) is 13.5. The number of piperidine rings is 1. The number of hydrogen-bond donors (Lipinski definition) is 0. The third kappa shape index (κ3) is 4.67. The van der Waals surface area contributed by atoms with Crippen LogP contribution in [0.4, 0.5) is 0 Å². The fourth-order valence-corrected chi connectivity index (χ4v) is 5.54. The highest BCUT2D eigenvalue weighted by molar-refractivity contribution is 7.89. The fourth-order valence-electron chi connectivity index (χ4n) is 4.16. The zero-order chi connectivity index (χ0) is 20.1. The quantitative estimate of drug-likeness (QED) is 0.711. The number of fused-ring (bicyclic) bond motifs is 1. The Morgan fingerprint density at radius 3 is 2.82 bits per heavy atom. The molecule has 2 saturated heterocycles. The van der Waals surface area contributed by atoms with Gasteiger partial charge in [0.1, 0.15) is 5.75 Å². The number of aryl methyl sites for hydroxylation is 1. The van der Waals surface area contributed by atoms with Crippen LogP contribution in [0.1, 0.15) is 25.3 Å². The number of hydrogen-bond acceptors (Lipinski definition) is 5. The standard InChI is InChI=1S/C20H30N2O5S/c1-3-28(24,25)22-12-13-27-15-17-14-21(11-10-18(17)22)20(23)9-8-16-6-4-5-7-19(16)26-2/h4-7,17-18H,3,8-15H2,1-2H3/t17-,18-/m1/s1. The van der Waals surface area contributed by atoms with Crippen molar-refractivity contribution in [2.75, 3.05) is 45.7 Å². The molecular formula is C20H30N2O5S. The second-order valence-corrected chi connectivity index (χ2v) is 9.56. The van der Waals surface area contributed by atoms with Gasteiger partial charge in [0.15, 0.2) is 0 Å². The van der Waals surface area contributed by atoms with Gasteiger partial charge in [0.05, 0.1) is 26.1 Å². The van der Waals surface area contributed by atoms with E-state index in [4.69, 9.17) is 9.47 Å². The van der Waals surface area contributed by atoms with Crippen LogP contribution in [0, 0.1) is 5.92 Å². The molecule has 1 aromatic rings. The predicted molar refractivity (Wildman–Crippen MR) is 107 cm³/mol. The largest absolute Gasteiger partial charge is 0.496 e. The number of amides is 1. The highest BCUT2D eigenvalue weighted by Gasteiger charge is 2.40. The maximum atomic E-state index is 12.8. The Bertz CT molecular complexity index is 783. The maximum Gasteiger partial charge on any atom is 0.222 e. The Balaban J connectivity index is 1.63. The average molecular weight is 411 g/mol. The smallest absolute Gasteiger partial charge is 0.222 e. The Labute approximate surface area is 167 Å². The molecule has 0 aliphatic carbocycles. The third-order valence-corrected chi connectivity index (χ3v) is 7.62. The van der Waals surface area contributed by atoms with Gasteiger partial charge < -0.3 is 14.4 Å². The highest BCUT2D eigenvalue weighted by atomic mass is 32.2. The summed E-state index contributed by atoms with van der Waals surface area (Å²) in [5.74, 6) is 1.01. The zero-order valence-electron chi connectivity index (χ0n) is 16.7. The summed E-state index contributed by atoms with van der Waals surface area (Å²) >= 11 is 0. The number of methoxy groups -OCH3 is 1. The number of sulfonamides is 1. The van der Waals surface area contributed by atoms with Gasteiger partial charge >= 0.3 is 0 Å². The molecule has 3 rings (SSSR count). The van der Waals surface area contributed by atoms with E-state index in [0.29, 0.717) is 52.1 Å². The van der Waals surface area contributed by atoms with Gasteiger partial charge in [-0.05, 0) is 31.4 Å². The molecule has 8 heteroatoms. The zero-order valence-corrected chi connectivity index (χ0v) is 17.5. The van der Waals surface area contributed by atoms with E-state index in [-0.39, 0.29) is 23.6 Å². The Morgan fingerprint density at radius 1 is 1.29 bits per heavy atom. The lowest BCUT2D eigenvalue weighted by molar-refractivity contribution is -0.134. The van der Waals surface area contributed by atoms with Gasteiger partial charge in [-0.1, -0.05) is 18.2 Å². The van der Waals surface area contributed by atoms with E-state index < -0.39 is 10.0 Å². The predicted octanol–water partition coefficient (Wildman–Crippen LogP) is 1.53. The Hall–Kier alpha value is -1.64. The lowest BCUT2D eigenvalue weighted by Gasteiger charge is -2.41. The van der Waals surface area contributed by atoms with Crippen LogP contribution in [0.25, 0.3) is 0 Å². The highest BCUT2D eigenvalue weighted by Crippen LogP contribution is 2.28. The Kier molecular flexibility index (Phi) is 6.95. The van der Waals surface area contributed by atoms with Crippen molar-refractivity contribution in [3.8, 4) is 5.75 Å². The van der Waals surface area contributed by atoms with Crippen molar-refractivity contribution in [2.24, 2.45) is 5.92 Å². The number of nitrogens with zero attached hydrogens (tertiary/aromatic N) is 2. The van der Waals surface area contributed by atoms with Crippen LogP contribution in [-0.4, -0.2) is 75.3 Å². The monoisotopic (exact) mass is 410 g/mol. The topological polar surface area (TPSA) is 76.2 Å². The van der Waals surface area contributed by atoms with E-state index in [1.54, 1.807) is 18.3 Å². The minimum Gasteiger partial charge on any atom is -0.496 e. The summed E-state index contributed by atoms with van der Waals surface area (Å²) in [4.78, 5) is 14.6. The van der Waals surface area contributed by atoms with Gasteiger partial charge in [-0.25, -0.2) is 8.42 Å². The van der Waals surface area contributed by atoms with E-state index in [0.717, 1.165) is 11.3 Å². The van der Waals surface area contributed by atoms with Crippen molar-refractivity contribution < 1.29 is 22.7 Å². The molecule has 2 atom stereocenters. The van der Waals surface area contributed by atoms with E-state index >= 15 is 0 Å². The molecule has 0 unspecified atom stereocenters. The van der Waals surface area contributed by atoms with Crippen molar-refractivity contribution in [1.29, 1.82) is 0 Å². The van der Waals surface area contributed by atoms with Crippen molar-refractivity contribution in [3.05, 3.63) is 29.8 Å². The number of rotatable bonds is 6. The Morgan fingerprint density at radius 2 is 2.07 bits per heavy atom. The van der Waals surface area contributed by atoms with Crippen LogP contribution in [0.15, 0.2) is 24.3 Å². The van der Waals surface area contributed by atoms with Crippen molar-refractivity contribution in [3.63, 3.8) is 0 Å². The van der Waals surface area contributed by atoms with Crippen molar-refractivity contribution in [2.45, 2.75) is 32.2 Å². The molecular weight excluding hydrogens is 380 g/mol. The summed E-state index contributed by atoms with van der Waals surface area (Å²) in [6.07, 6.45) is 1.70. The molecule has 156 valence electrons. The third-order valence-electron chi connectivity index (χ3n) is 5.73. The molecule has 2 aliphatic rings. The molecule has 0 radical (unpaired) electrons. The number of likely N-dealkylation sites (tertiary alicyclic amines) is 1. The number of ether oxygens (including phenoxy) is 2. The van der Waals surface area contributed by atoms with Gasteiger partial charge in [0.2, 0.25) is 15.9 Å². The van der Waals surface area contributed by atoms with Crippen molar-refractivity contribution >= 4 is 15.9 Å². The minimum absolute atomic E-state index is 0.0211. The van der Waals surface area contributed by atoms with Gasteiger partial charge in [-0.15, -0.1) is 0 Å². The van der Waals surface area contributed by atoms with Gasteiger partial charge in [-0.2, -0.15) is 4.31 Å². The van der Waals surface area contributed by atoms with Gasteiger partial charge in [0.25, 0.3) is 0 Å². The van der Waals surface area contributed by atoms with E-state index in [2.05, 4.69) is 0 Å². The number of carbonyl (C=O) groups excluding carboxylic acids is 1. The molecule has 2 aliphatic heterocycles.